The number of ether oxygens (including phenoxy) is 3. The Morgan fingerprint density at radius 2 is 1.80 bits per heavy atom. The summed E-state index contributed by atoms with van der Waals surface area (Å²) in [6.45, 7) is -0.0635. The Kier molecular flexibility index (Phi) is 4.39. The van der Waals surface area contributed by atoms with Gasteiger partial charge in [-0.15, -0.1) is 0 Å². The number of aliphatic hydroxyl groups is 1. The summed E-state index contributed by atoms with van der Waals surface area (Å²) in [7, 11) is 4.71. The molecule has 0 saturated heterocycles. The van der Waals surface area contributed by atoms with Gasteiger partial charge in [-0.3, -0.25) is 0 Å². The van der Waals surface area contributed by atoms with Crippen molar-refractivity contribution in [1.82, 2.24) is 0 Å². The van der Waals surface area contributed by atoms with Gasteiger partial charge in [0.2, 0.25) is 0 Å². The molecule has 1 aromatic carbocycles. The molecule has 0 aromatic heterocycles. The van der Waals surface area contributed by atoms with Crippen molar-refractivity contribution in [2.75, 3.05) is 27.9 Å². The lowest BCUT2D eigenvalue weighted by Gasteiger charge is -2.15. The fourth-order valence-corrected chi connectivity index (χ4v) is 1.37. The van der Waals surface area contributed by atoms with E-state index < -0.39 is 0 Å². The molecular formula is C11H16O4. The van der Waals surface area contributed by atoms with Crippen LogP contribution in [0.3, 0.4) is 0 Å². The second-order valence-electron chi connectivity index (χ2n) is 3.02. The first-order valence-electron chi connectivity index (χ1n) is 4.62. The molecule has 15 heavy (non-hydrogen) atoms. The normalized spacial score (nSPS) is 12.3. The Bertz CT molecular complexity index is 307. The Morgan fingerprint density at radius 1 is 1.13 bits per heavy atom. The van der Waals surface area contributed by atoms with Crippen molar-refractivity contribution in [3.8, 4) is 11.5 Å². The van der Waals surface area contributed by atoms with Crippen LogP contribution in [-0.2, 0) is 4.74 Å². The molecule has 0 fully saturated rings. The van der Waals surface area contributed by atoms with Crippen LogP contribution in [-0.4, -0.2) is 33.0 Å². The van der Waals surface area contributed by atoms with E-state index >= 15 is 0 Å². The highest BCUT2D eigenvalue weighted by Gasteiger charge is 2.12. The summed E-state index contributed by atoms with van der Waals surface area (Å²) in [5.41, 5.74) is 0.859. The molecule has 84 valence electrons. The van der Waals surface area contributed by atoms with E-state index in [0.717, 1.165) is 5.56 Å². The Balaban J connectivity index is 3.01. The van der Waals surface area contributed by atoms with Gasteiger partial charge in [0.05, 0.1) is 20.8 Å². The summed E-state index contributed by atoms with van der Waals surface area (Å²) in [5, 5.41) is 9.07. The second-order valence-corrected chi connectivity index (χ2v) is 3.02. The number of methoxy groups -OCH3 is 3. The lowest BCUT2D eigenvalue weighted by molar-refractivity contribution is 0.0482. The lowest BCUT2D eigenvalue weighted by atomic mass is 10.1. The lowest BCUT2D eigenvalue weighted by Crippen LogP contribution is -2.06. The summed E-state index contributed by atoms with van der Waals surface area (Å²) >= 11 is 0. The molecule has 4 nitrogen and oxygen atoms in total. The van der Waals surface area contributed by atoms with Gasteiger partial charge in [0.25, 0.3) is 0 Å². The molecule has 0 saturated carbocycles. The summed E-state index contributed by atoms with van der Waals surface area (Å²) in [6.07, 6.45) is -0.329. The fourth-order valence-electron chi connectivity index (χ4n) is 1.37. The van der Waals surface area contributed by atoms with Crippen LogP contribution in [0, 0.1) is 0 Å². The van der Waals surface area contributed by atoms with E-state index in [-0.39, 0.29) is 12.7 Å². The molecule has 0 aliphatic rings. The van der Waals surface area contributed by atoms with E-state index in [1.807, 2.05) is 6.07 Å². The number of hydrogen-bond acceptors (Lipinski definition) is 4. The van der Waals surface area contributed by atoms with Gasteiger partial charge in [-0.1, -0.05) is 6.07 Å². The average Bonchev–Trinajstić information content (AvgIpc) is 2.30. The molecule has 0 amide bonds. The topological polar surface area (TPSA) is 47.9 Å². The zero-order valence-corrected chi connectivity index (χ0v) is 9.19. The van der Waals surface area contributed by atoms with Gasteiger partial charge in [-0.2, -0.15) is 0 Å². The van der Waals surface area contributed by atoms with Gasteiger partial charge in [0, 0.05) is 7.11 Å². The molecule has 0 spiro atoms. The van der Waals surface area contributed by atoms with Crippen LogP contribution >= 0.6 is 0 Å². The van der Waals surface area contributed by atoms with Crippen LogP contribution in [0.4, 0.5) is 0 Å². The van der Waals surface area contributed by atoms with Crippen molar-refractivity contribution in [2.24, 2.45) is 0 Å². The van der Waals surface area contributed by atoms with Gasteiger partial charge >= 0.3 is 0 Å². The molecule has 1 rings (SSSR count). The third-order valence-electron chi connectivity index (χ3n) is 2.23. The molecule has 0 radical (unpaired) electrons. The Hall–Kier alpha value is -1.26. The van der Waals surface area contributed by atoms with Gasteiger partial charge in [-0.25, -0.2) is 0 Å². The van der Waals surface area contributed by atoms with Gasteiger partial charge in [-0.05, 0) is 17.7 Å². The summed E-state index contributed by atoms with van der Waals surface area (Å²) in [5.74, 6) is 1.29. The average molecular weight is 212 g/mol. The highest BCUT2D eigenvalue weighted by atomic mass is 16.5. The first-order chi connectivity index (χ1) is 7.26. The Morgan fingerprint density at radius 3 is 2.27 bits per heavy atom. The van der Waals surface area contributed by atoms with Crippen molar-refractivity contribution in [1.29, 1.82) is 0 Å². The second kappa shape index (κ2) is 5.58. The van der Waals surface area contributed by atoms with Crippen LogP contribution in [0.1, 0.15) is 11.7 Å². The van der Waals surface area contributed by atoms with Crippen LogP contribution in [0.2, 0.25) is 0 Å². The highest BCUT2D eigenvalue weighted by Crippen LogP contribution is 2.30. The molecule has 1 aromatic rings. The molecular weight excluding hydrogens is 196 g/mol. The van der Waals surface area contributed by atoms with E-state index in [1.54, 1.807) is 33.5 Å². The number of aliphatic hydroxyl groups excluding tert-OH is 1. The minimum Gasteiger partial charge on any atom is -0.493 e. The number of benzene rings is 1. The minimum absolute atomic E-state index is 0.0635. The molecule has 0 bridgehead atoms. The molecule has 1 unspecified atom stereocenters. The molecule has 1 atom stereocenters. The summed E-state index contributed by atoms with van der Waals surface area (Å²) in [4.78, 5) is 0. The van der Waals surface area contributed by atoms with Crippen molar-refractivity contribution in [2.45, 2.75) is 6.10 Å². The maximum Gasteiger partial charge on any atom is 0.161 e. The Labute approximate surface area is 89.4 Å². The van der Waals surface area contributed by atoms with Crippen molar-refractivity contribution in [3.63, 3.8) is 0 Å². The fraction of sp³-hybridized carbons (Fsp3) is 0.455. The molecule has 4 heteroatoms. The van der Waals surface area contributed by atoms with Gasteiger partial charge in [0.1, 0.15) is 6.10 Å². The van der Waals surface area contributed by atoms with E-state index in [1.165, 1.54) is 0 Å². The molecule has 0 aliphatic carbocycles. The van der Waals surface area contributed by atoms with E-state index in [9.17, 15) is 0 Å². The van der Waals surface area contributed by atoms with Crippen LogP contribution in [0.5, 0.6) is 11.5 Å². The summed E-state index contributed by atoms with van der Waals surface area (Å²) in [6, 6.07) is 5.42. The number of hydrogen-bond donors (Lipinski definition) is 1. The minimum atomic E-state index is -0.329. The predicted octanol–water partition coefficient (Wildman–Crippen LogP) is 1.38. The zero-order chi connectivity index (χ0) is 11.3. The first-order valence-corrected chi connectivity index (χ1v) is 4.62. The molecule has 1 N–H and O–H groups in total. The van der Waals surface area contributed by atoms with Gasteiger partial charge < -0.3 is 19.3 Å². The van der Waals surface area contributed by atoms with Crippen molar-refractivity contribution in [3.05, 3.63) is 23.8 Å². The number of rotatable bonds is 5. The van der Waals surface area contributed by atoms with Crippen LogP contribution < -0.4 is 9.47 Å². The van der Waals surface area contributed by atoms with Gasteiger partial charge in [0.15, 0.2) is 11.5 Å². The van der Waals surface area contributed by atoms with Crippen LogP contribution in [0.25, 0.3) is 0 Å². The first kappa shape index (κ1) is 11.8. The summed E-state index contributed by atoms with van der Waals surface area (Å²) < 4.78 is 15.4. The maximum absolute atomic E-state index is 9.07. The van der Waals surface area contributed by atoms with Crippen molar-refractivity contribution >= 4 is 0 Å². The standard InChI is InChI=1S/C11H16O4/c1-13-9-5-4-8(6-10(9)14-2)11(7-12)15-3/h4-6,11-12H,7H2,1-3H3. The molecule has 0 aliphatic heterocycles. The largest absolute Gasteiger partial charge is 0.493 e. The highest BCUT2D eigenvalue weighted by molar-refractivity contribution is 5.43. The molecule has 0 heterocycles. The predicted molar refractivity (Wildman–Crippen MR) is 56.4 cm³/mol. The SMILES string of the molecule is COc1ccc(C(CO)OC)cc1OC. The van der Waals surface area contributed by atoms with E-state index in [4.69, 9.17) is 19.3 Å². The third kappa shape index (κ3) is 2.61. The van der Waals surface area contributed by atoms with E-state index in [0.29, 0.717) is 11.5 Å². The smallest absolute Gasteiger partial charge is 0.161 e. The van der Waals surface area contributed by atoms with E-state index in [2.05, 4.69) is 0 Å². The van der Waals surface area contributed by atoms with Crippen LogP contribution in [0.15, 0.2) is 18.2 Å². The quantitative estimate of drug-likeness (QED) is 0.801. The maximum atomic E-state index is 9.07. The zero-order valence-electron chi connectivity index (χ0n) is 9.19. The third-order valence-corrected chi connectivity index (χ3v) is 2.23. The monoisotopic (exact) mass is 212 g/mol. The van der Waals surface area contributed by atoms with Crippen molar-refractivity contribution < 1.29 is 19.3 Å².